The van der Waals surface area contributed by atoms with E-state index in [1.54, 1.807) is 0 Å². The average Bonchev–Trinajstić information content (AvgIpc) is 2.60. The summed E-state index contributed by atoms with van der Waals surface area (Å²) in [4.78, 5) is 12.2. The molecular formula is C18H14ClF6NO2. The van der Waals surface area contributed by atoms with E-state index >= 15 is 0 Å². The van der Waals surface area contributed by atoms with E-state index in [4.69, 9.17) is 16.3 Å². The molecule has 0 amide bonds. The van der Waals surface area contributed by atoms with Gasteiger partial charge in [-0.3, -0.25) is 4.79 Å². The standard InChI is InChI=1S/C18H14ClF6NO2/c1-10(28-16-4-3-14(19)5-11(16)9-27)26(2)15-7-12(17(20,21)22)6-13(8-15)18(23,24)25/h3-10H,1-2H3. The number of ether oxygens (including phenoxy) is 1. The van der Waals surface area contributed by atoms with E-state index in [9.17, 15) is 31.1 Å². The van der Waals surface area contributed by atoms with Crippen molar-refractivity contribution < 1.29 is 35.9 Å². The highest BCUT2D eigenvalue weighted by Gasteiger charge is 2.37. The fourth-order valence-electron chi connectivity index (χ4n) is 2.33. The van der Waals surface area contributed by atoms with Crippen molar-refractivity contribution in [2.75, 3.05) is 11.9 Å². The number of aldehydes is 1. The van der Waals surface area contributed by atoms with E-state index in [-0.39, 0.29) is 28.1 Å². The van der Waals surface area contributed by atoms with Crippen LogP contribution in [-0.4, -0.2) is 19.6 Å². The number of hydrogen-bond donors (Lipinski definition) is 0. The molecule has 0 N–H and O–H groups in total. The zero-order chi connectivity index (χ0) is 21.3. The first-order chi connectivity index (χ1) is 12.8. The summed E-state index contributed by atoms with van der Waals surface area (Å²) in [6.07, 6.45) is -10.4. The fourth-order valence-corrected chi connectivity index (χ4v) is 2.51. The molecule has 0 aromatic heterocycles. The van der Waals surface area contributed by atoms with Crippen LogP contribution in [0, 0.1) is 0 Å². The van der Waals surface area contributed by atoms with Crippen molar-refractivity contribution in [1.29, 1.82) is 0 Å². The Kier molecular flexibility index (Phi) is 6.18. The molecule has 0 aliphatic carbocycles. The number of carbonyl (C=O) groups is 1. The van der Waals surface area contributed by atoms with Gasteiger partial charge < -0.3 is 9.64 Å². The Morgan fingerprint density at radius 1 is 1.00 bits per heavy atom. The third kappa shape index (κ3) is 5.09. The smallest absolute Gasteiger partial charge is 0.416 e. The van der Waals surface area contributed by atoms with Crippen LogP contribution in [0.5, 0.6) is 5.75 Å². The number of benzene rings is 2. The Hall–Kier alpha value is -2.42. The molecule has 152 valence electrons. The van der Waals surface area contributed by atoms with Crippen LogP contribution >= 0.6 is 11.6 Å². The molecule has 0 spiro atoms. The van der Waals surface area contributed by atoms with Gasteiger partial charge in [0.15, 0.2) is 12.5 Å². The number of nitrogens with zero attached hydrogens (tertiary/aromatic N) is 1. The van der Waals surface area contributed by atoms with Gasteiger partial charge in [0.25, 0.3) is 0 Å². The van der Waals surface area contributed by atoms with Crippen molar-refractivity contribution in [3.8, 4) is 5.75 Å². The summed E-state index contributed by atoms with van der Waals surface area (Å²) in [7, 11) is 1.27. The Bertz CT molecular complexity index is 834. The topological polar surface area (TPSA) is 29.5 Å². The minimum Gasteiger partial charge on any atom is -0.470 e. The fraction of sp³-hybridized carbons (Fsp3) is 0.278. The number of hydrogen-bond acceptors (Lipinski definition) is 3. The molecule has 0 aliphatic rings. The molecule has 1 atom stereocenters. The maximum Gasteiger partial charge on any atom is 0.416 e. The van der Waals surface area contributed by atoms with Gasteiger partial charge in [-0.25, -0.2) is 0 Å². The Balaban J connectivity index is 2.39. The summed E-state index contributed by atoms with van der Waals surface area (Å²) < 4.78 is 83.6. The van der Waals surface area contributed by atoms with Gasteiger partial charge in [-0.1, -0.05) is 11.6 Å². The molecule has 28 heavy (non-hydrogen) atoms. The summed E-state index contributed by atoms with van der Waals surface area (Å²) in [5.41, 5.74) is -3.13. The van der Waals surface area contributed by atoms with Crippen LogP contribution in [0.1, 0.15) is 28.4 Å². The van der Waals surface area contributed by atoms with E-state index in [1.807, 2.05) is 0 Å². The molecule has 10 heteroatoms. The predicted octanol–water partition coefficient (Wildman–Crippen LogP) is 6.05. The van der Waals surface area contributed by atoms with E-state index in [0.717, 1.165) is 4.90 Å². The van der Waals surface area contributed by atoms with E-state index in [1.165, 1.54) is 32.2 Å². The average molecular weight is 426 g/mol. The Morgan fingerprint density at radius 3 is 2.00 bits per heavy atom. The maximum absolute atomic E-state index is 13.0. The summed E-state index contributed by atoms with van der Waals surface area (Å²) in [6.45, 7) is 1.41. The molecule has 1 unspecified atom stereocenters. The first-order valence-corrected chi connectivity index (χ1v) is 8.14. The van der Waals surface area contributed by atoms with Gasteiger partial charge in [0, 0.05) is 17.8 Å². The van der Waals surface area contributed by atoms with Crippen molar-refractivity contribution in [2.45, 2.75) is 25.5 Å². The highest BCUT2D eigenvalue weighted by Crippen LogP contribution is 2.38. The minimum atomic E-state index is -4.96. The summed E-state index contributed by atoms with van der Waals surface area (Å²) in [6, 6.07) is 5.37. The van der Waals surface area contributed by atoms with Crippen molar-refractivity contribution >= 4 is 23.6 Å². The zero-order valence-electron chi connectivity index (χ0n) is 14.5. The molecule has 2 aromatic carbocycles. The highest BCUT2D eigenvalue weighted by atomic mass is 35.5. The van der Waals surface area contributed by atoms with Crippen LogP contribution < -0.4 is 9.64 Å². The second-order valence-corrected chi connectivity index (χ2v) is 6.33. The van der Waals surface area contributed by atoms with Crippen molar-refractivity contribution in [3.05, 3.63) is 58.1 Å². The van der Waals surface area contributed by atoms with Crippen LogP contribution in [0.4, 0.5) is 32.0 Å². The predicted molar refractivity (Wildman–Crippen MR) is 91.8 cm³/mol. The van der Waals surface area contributed by atoms with Gasteiger partial charge in [-0.15, -0.1) is 0 Å². The van der Waals surface area contributed by atoms with Crippen LogP contribution in [0.2, 0.25) is 5.02 Å². The number of alkyl halides is 6. The van der Waals surface area contributed by atoms with E-state index in [2.05, 4.69) is 0 Å². The second-order valence-electron chi connectivity index (χ2n) is 5.89. The summed E-state index contributed by atoms with van der Waals surface area (Å²) >= 11 is 5.77. The Morgan fingerprint density at radius 2 is 1.54 bits per heavy atom. The van der Waals surface area contributed by atoms with Crippen LogP contribution in [0.15, 0.2) is 36.4 Å². The molecule has 0 saturated carbocycles. The molecule has 0 radical (unpaired) electrons. The lowest BCUT2D eigenvalue weighted by Gasteiger charge is -2.29. The SMILES string of the molecule is CC(Oc1ccc(Cl)cc1C=O)N(C)c1cc(C(F)(F)F)cc(C(F)(F)F)c1. The lowest BCUT2D eigenvalue weighted by atomic mass is 10.1. The molecule has 2 rings (SSSR count). The van der Waals surface area contributed by atoms with Crippen LogP contribution in [-0.2, 0) is 12.4 Å². The lowest BCUT2D eigenvalue weighted by Crippen LogP contribution is -2.34. The minimum absolute atomic E-state index is 0.0482. The molecule has 0 saturated heterocycles. The zero-order valence-corrected chi connectivity index (χ0v) is 15.3. The molecule has 0 fully saturated rings. The molecule has 0 heterocycles. The number of carbonyl (C=O) groups excluding carboxylic acids is 1. The van der Waals surface area contributed by atoms with Crippen LogP contribution in [0.25, 0.3) is 0 Å². The number of anilines is 1. The monoisotopic (exact) mass is 425 g/mol. The van der Waals surface area contributed by atoms with Gasteiger partial charge in [-0.05, 0) is 43.3 Å². The van der Waals surface area contributed by atoms with Crippen molar-refractivity contribution in [3.63, 3.8) is 0 Å². The second kappa shape index (κ2) is 7.90. The normalized spacial score (nSPS) is 13.2. The van der Waals surface area contributed by atoms with Gasteiger partial charge >= 0.3 is 12.4 Å². The third-order valence-electron chi connectivity index (χ3n) is 3.92. The van der Waals surface area contributed by atoms with Crippen molar-refractivity contribution in [1.82, 2.24) is 0 Å². The van der Waals surface area contributed by atoms with Gasteiger partial charge in [0.1, 0.15) is 5.75 Å². The maximum atomic E-state index is 13.0. The number of halogens is 7. The van der Waals surface area contributed by atoms with Crippen molar-refractivity contribution in [2.24, 2.45) is 0 Å². The first-order valence-electron chi connectivity index (χ1n) is 7.76. The molecule has 2 aromatic rings. The molecule has 0 bridgehead atoms. The van der Waals surface area contributed by atoms with Gasteiger partial charge in [0.05, 0.1) is 16.7 Å². The van der Waals surface area contributed by atoms with E-state index < -0.39 is 29.7 Å². The lowest BCUT2D eigenvalue weighted by molar-refractivity contribution is -0.143. The molecule has 3 nitrogen and oxygen atoms in total. The van der Waals surface area contributed by atoms with Crippen LogP contribution in [0.3, 0.4) is 0 Å². The summed E-state index contributed by atoms with van der Waals surface area (Å²) in [5, 5.41) is 0.267. The largest absolute Gasteiger partial charge is 0.470 e. The molecule has 0 aliphatic heterocycles. The van der Waals surface area contributed by atoms with Gasteiger partial charge in [0.2, 0.25) is 0 Å². The summed E-state index contributed by atoms with van der Waals surface area (Å²) in [5.74, 6) is 0.0850. The third-order valence-corrected chi connectivity index (χ3v) is 4.16. The quantitative estimate of drug-likeness (QED) is 0.332. The van der Waals surface area contributed by atoms with Gasteiger partial charge in [-0.2, -0.15) is 26.3 Å². The molecular weight excluding hydrogens is 412 g/mol. The first kappa shape index (κ1) is 21.9. The highest BCUT2D eigenvalue weighted by molar-refractivity contribution is 6.30. The van der Waals surface area contributed by atoms with E-state index in [0.29, 0.717) is 18.4 Å². The number of rotatable bonds is 5. The Labute approximate surface area is 161 Å².